The molecule has 4 rings (SSSR count). The van der Waals surface area contributed by atoms with Crippen molar-refractivity contribution in [3.63, 3.8) is 0 Å². The van der Waals surface area contributed by atoms with Crippen LogP contribution in [0.2, 0.25) is 0 Å². The molecule has 0 aliphatic carbocycles. The number of anilines is 1. The number of aromatic nitrogens is 1. The first kappa shape index (κ1) is 22.0. The highest BCUT2D eigenvalue weighted by atomic mass is 32.1. The lowest BCUT2D eigenvalue weighted by atomic mass is 10.1. The van der Waals surface area contributed by atoms with Gasteiger partial charge in [0.1, 0.15) is 29.0 Å². The summed E-state index contributed by atoms with van der Waals surface area (Å²) in [6.45, 7) is 5.48. The fourth-order valence-corrected chi connectivity index (χ4v) is 4.42. The molecule has 0 radical (unpaired) electrons. The molecule has 1 aliphatic rings. The highest BCUT2D eigenvalue weighted by Gasteiger charge is 2.22. The van der Waals surface area contributed by atoms with Crippen molar-refractivity contribution in [3.8, 4) is 11.8 Å². The molecule has 1 aliphatic heterocycles. The summed E-state index contributed by atoms with van der Waals surface area (Å²) in [7, 11) is 0. The Hall–Kier alpha value is -3.24. The van der Waals surface area contributed by atoms with Crippen molar-refractivity contribution in [1.29, 1.82) is 5.26 Å². The van der Waals surface area contributed by atoms with Crippen LogP contribution in [-0.2, 0) is 6.42 Å². The van der Waals surface area contributed by atoms with E-state index < -0.39 is 0 Å². The third kappa shape index (κ3) is 4.66. The van der Waals surface area contributed by atoms with Crippen molar-refractivity contribution < 1.29 is 9.13 Å². The van der Waals surface area contributed by atoms with E-state index in [1.165, 1.54) is 6.07 Å². The molecule has 0 amide bonds. The Labute approximate surface area is 193 Å². The maximum Gasteiger partial charge on any atom is 0.147 e. The second-order valence-corrected chi connectivity index (χ2v) is 8.21. The van der Waals surface area contributed by atoms with Crippen molar-refractivity contribution in [2.75, 3.05) is 37.7 Å². The van der Waals surface area contributed by atoms with Crippen molar-refractivity contribution in [2.45, 2.75) is 19.8 Å². The van der Waals surface area contributed by atoms with Gasteiger partial charge in [-0.1, -0.05) is 30.4 Å². The standard InChI is InChI=1S/C25H25FN4OS/c1-2-31-20-9-8-19-17-28-25(22(16-27)21(19)15-20)30-11-5-10-29(12-13-30)24(32)14-18-6-3-4-7-23(18)26/h3-4,6-9,15,17H,2,5,10-14H2,1H3. The minimum Gasteiger partial charge on any atom is -0.494 e. The van der Waals surface area contributed by atoms with Crippen molar-refractivity contribution >= 4 is 33.8 Å². The van der Waals surface area contributed by atoms with Crippen LogP contribution in [0.25, 0.3) is 10.8 Å². The van der Waals surface area contributed by atoms with Crippen LogP contribution >= 0.6 is 12.2 Å². The number of benzene rings is 2. The first-order valence-electron chi connectivity index (χ1n) is 10.8. The topological polar surface area (TPSA) is 52.4 Å². The van der Waals surface area contributed by atoms with E-state index in [1.54, 1.807) is 12.1 Å². The summed E-state index contributed by atoms with van der Waals surface area (Å²) in [6, 6.07) is 14.9. The van der Waals surface area contributed by atoms with E-state index in [1.807, 2.05) is 37.4 Å². The number of fused-ring (bicyclic) bond motifs is 1. The molecule has 1 saturated heterocycles. The van der Waals surface area contributed by atoms with Crippen LogP contribution in [0.5, 0.6) is 5.75 Å². The Morgan fingerprint density at radius 3 is 2.81 bits per heavy atom. The molecule has 3 aromatic rings. The van der Waals surface area contributed by atoms with Crippen LogP contribution in [0.3, 0.4) is 0 Å². The van der Waals surface area contributed by atoms with E-state index in [-0.39, 0.29) is 5.82 Å². The molecule has 0 bridgehead atoms. The van der Waals surface area contributed by atoms with Crippen molar-refractivity contribution in [3.05, 3.63) is 65.6 Å². The molecule has 0 unspecified atom stereocenters. The average Bonchev–Trinajstić information content (AvgIpc) is 3.06. The Bertz CT molecular complexity index is 1180. The first-order chi connectivity index (χ1) is 15.6. The van der Waals surface area contributed by atoms with Gasteiger partial charge in [0.15, 0.2) is 0 Å². The SMILES string of the molecule is CCOc1ccc2cnc(N3CCCN(C(=S)Cc4ccccc4F)CC3)c(C#N)c2c1. The summed E-state index contributed by atoms with van der Waals surface area (Å²) < 4.78 is 19.7. The maximum atomic E-state index is 14.0. The van der Waals surface area contributed by atoms with E-state index in [0.29, 0.717) is 43.1 Å². The molecule has 0 spiro atoms. The second-order valence-electron chi connectivity index (χ2n) is 7.74. The van der Waals surface area contributed by atoms with Gasteiger partial charge in [-0.15, -0.1) is 0 Å². The molecule has 2 aromatic carbocycles. The van der Waals surface area contributed by atoms with Crippen molar-refractivity contribution in [1.82, 2.24) is 9.88 Å². The van der Waals surface area contributed by atoms with Crippen LogP contribution in [0.4, 0.5) is 10.2 Å². The number of ether oxygens (including phenoxy) is 1. The molecular formula is C25H25FN4OS. The fraction of sp³-hybridized carbons (Fsp3) is 0.320. The number of hydrogen-bond acceptors (Lipinski definition) is 5. The average molecular weight is 449 g/mol. The van der Waals surface area contributed by atoms with E-state index in [9.17, 15) is 9.65 Å². The van der Waals surface area contributed by atoms with Crippen LogP contribution in [-0.4, -0.2) is 47.7 Å². The van der Waals surface area contributed by atoms with Gasteiger partial charge >= 0.3 is 0 Å². The van der Waals surface area contributed by atoms with Gasteiger partial charge in [0.2, 0.25) is 0 Å². The number of nitriles is 1. The summed E-state index contributed by atoms with van der Waals surface area (Å²) >= 11 is 5.64. The molecule has 2 heterocycles. The zero-order chi connectivity index (χ0) is 22.5. The van der Waals surface area contributed by atoms with E-state index in [0.717, 1.165) is 41.0 Å². The lowest BCUT2D eigenvalue weighted by molar-refractivity contribution is 0.341. The molecule has 1 fully saturated rings. The molecular weight excluding hydrogens is 423 g/mol. The molecule has 0 saturated carbocycles. The summed E-state index contributed by atoms with van der Waals surface area (Å²) in [4.78, 5) is 9.66. The predicted octanol–water partition coefficient (Wildman–Crippen LogP) is 4.73. The van der Waals surface area contributed by atoms with E-state index in [4.69, 9.17) is 17.0 Å². The third-order valence-electron chi connectivity index (χ3n) is 5.71. The Kier molecular flexibility index (Phi) is 6.81. The normalized spacial score (nSPS) is 14.2. The van der Waals surface area contributed by atoms with Gasteiger partial charge in [-0.3, -0.25) is 0 Å². The minimum atomic E-state index is -0.225. The summed E-state index contributed by atoms with van der Waals surface area (Å²) in [5.74, 6) is 1.21. The number of hydrogen-bond donors (Lipinski definition) is 0. The van der Waals surface area contributed by atoms with Crippen LogP contribution in [0, 0.1) is 17.1 Å². The zero-order valence-electron chi connectivity index (χ0n) is 18.1. The van der Waals surface area contributed by atoms with Gasteiger partial charge in [0, 0.05) is 49.6 Å². The number of halogens is 1. The predicted molar refractivity (Wildman–Crippen MR) is 129 cm³/mol. The minimum absolute atomic E-state index is 0.225. The molecule has 164 valence electrons. The summed E-state index contributed by atoms with van der Waals surface area (Å²) in [6.07, 6.45) is 3.10. The van der Waals surface area contributed by atoms with E-state index >= 15 is 0 Å². The van der Waals surface area contributed by atoms with Gasteiger partial charge in [0.05, 0.1) is 11.6 Å². The van der Waals surface area contributed by atoms with Gasteiger partial charge in [-0.25, -0.2) is 9.37 Å². The highest BCUT2D eigenvalue weighted by Crippen LogP contribution is 2.30. The van der Waals surface area contributed by atoms with Crippen LogP contribution in [0.15, 0.2) is 48.7 Å². The Morgan fingerprint density at radius 1 is 1.19 bits per heavy atom. The third-order valence-corrected chi connectivity index (χ3v) is 6.12. The highest BCUT2D eigenvalue weighted by molar-refractivity contribution is 7.80. The first-order valence-corrected chi connectivity index (χ1v) is 11.2. The van der Waals surface area contributed by atoms with Gasteiger partial charge in [-0.05, 0) is 43.2 Å². The van der Waals surface area contributed by atoms with Crippen LogP contribution < -0.4 is 9.64 Å². The van der Waals surface area contributed by atoms with Crippen molar-refractivity contribution in [2.24, 2.45) is 0 Å². The largest absolute Gasteiger partial charge is 0.494 e. The smallest absolute Gasteiger partial charge is 0.147 e. The van der Waals surface area contributed by atoms with E-state index in [2.05, 4.69) is 20.9 Å². The maximum absolute atomic E-state index is 14.0. The zero-order valence-corrected chi connectivity index (χ0v) is 18.9. The number of nitrogens with zero attached hydrogens (tertiary/aromatic N) is 4. The monoisotopic (exact) mass is 448 g/mol. The van der Waals surface area contributed by atoms with Crippen LogP contribution in [0.1, 0.15) is 24.5 Å². The quantitative estimate of drug-likeness (QED) is 0.526. The fourth-order valence-electron chi connectivity index (χ4n) is 4.08. The summed E-state index contributed by atoms with van der Waals surface area (Å²) in [5, 5.41) is 11.7. The second kappa shape index (κ2) is 9.92. The lowest BCUT2D eigenvalue weighted by Crippen LogP contribution is -2.35. The Morgan fingerprint density at radius 2 is 2.03 bits per heavy atom. The van der Waals surface area contributed by atoms with Gasteiger partial charge in [-0.2, -0.15) is 5.26 Å². The molecule has 0 N–H and O–H groups in total. The lowest BCUT2D eigenvalue weighted by Gasteiger charge is -2.25. The van der Waals surface area contributed by atoms with Gasteiger partial charge < -0.3 is 14.5 Å². The number of pyridine rings is 1. The number of thiocarbonyl (C=S) groups is 1. The molecule has 7 heteroatoms. The summed E-state index contributed by atoms with van der Waals surface area (Å²) in [5.41, 5.74) is 1.18. The Balaban J connectivity index is 1.53. The van der Waals surface area contributed by atoms with Gasteiger partial charge in [0.25, 0.3) is 0 Å². The molecule has 32 heavy (non-hydrogen) atoms. The molecule has 0 atom stereocenters. The molecule has 1 aromatic heterocycles. The number of rotatable bonds is 5. The molecule has 5 nitrogen and oxygen atoms in total.